The molecule has 0 unspecified atom stereocenters. The van der Waals surface area contributed by atoms with E-state index >= 15 is 0 Å². The fourth-order valence-electron chi connectivity index (χ4n) is 7.58. The van der Waals surface area contributed by atoms with Crippen LogP contribution in [-0.2, 0) is 15.0 Å². The third kappa shape index (κ3) is 2.85. The van der Waals surface area contributed by atoms with E-state index in [1.807, 2.05) is 18.2 Å². The molecule has 2 amide bonds. The van der Waals surface area contributed by atoms with E-state index in [9.17, 15) is 9.59 Å². The first-order valence-corrected chi connectivity index (χ1v) is 12.9. The predicted octanol–water partition coefficient (Wildman–Crippen LogP) is 4.16. The van der Waals surface area contributed by atoms with Crippen LogP contribution < -0.4 is 11.5 Å². The number of likely N-dealkylation sites (tertiary alicyclic amines) is 1. The van der Waals surface area contributed by atoms with Crippen LogP contribution in [0.4, 0.5) is 0 Å². The Balaban J connectivity index is 1.58. The number of nitrogens with zero attached hydrogens (tertiary/aromatic N) is 1. The molecule has 1 aromatic carbocycles. The van der Waals surface area contributed by atoms with Crippen LogP contribution in [0, 0.1) is 22.7 Å². The van der Waals surface area contributed by atoms with E-state index in [-0.39, 0.29) is 17.3 Å². The number of carbonyl (C=O) groups excluding carboxylic acids is 2. The van der Waals surface area contributed by atoms with Crippen molar-refractivity contribution in [2.24, 2.45) is 34.1 Å². The van der Waals surface area contributed by atoms with Crippen molar-refractivity contribution in [3.63, 3.8) is 0 Å². The molecule has 1 aromatic rings. The molecule has 1 spiro atoms. The lowest BCUT2D eigenvalue weighted by atomic mass is 9.52. The number of halogens is 2. The lowest BCUT2D eigenvalue weighted by Crippen LogP contribution is -2.62. The molecule has 4 N–H and O–H groups in total. The first-order chi connectivity index (χ1) is 15.3. The second kappa shape index (κ2) is 7.85. The number of nitrogens with two attached hydrogens (primary N) is 2. The Labute approximate surface area is 203 Å². The molecule has 2 saturated carbocycles. The van der Waals surface area contributed by atoms with Crippen LogP contribution >= 0.6 is 27.5 Å². The molecule has 5 rings (SSSR count). The van der Waals surface area contributed by atoms with Gasteiger partial charge in [0, 0.05) is 10.4 Å². The van der Waals surface area contributed by atoms with Crippen molar-refractivity contribution in [2.45, 2.75) is 50.4 Å². The van der Waals surface area contributed by atoms with Crippen molar-refractivity contribution in [3.8, 4) is 0 Å². The van der Waals surface area contributed by atoms with Crippen LogP contribution in [0.1, 0.15) is 50.5 Å². The van der Waals surface area contributed by atoms with Gasteiger partial charge in [-0.1, -0.05) is 36.2 Å². The molecular weight excluding hydrogens is 490 g/mol. The molecule has 32 heavy (non-hydrogen) atoms. The van der Waals surface area contributed by atoms with E-state index in [1.165, 1.54) is 12.8 Å². The van der Waals surface area contributed by atoms with E-state index in [1.54, 1.807) is 0 Å². The van der Waals surface area contributed by atoms with Gasteiger partial charge in [-0.3, -0.25) is 9.59 Å². The van der Waals surface area contributed by atoms with Crippen LogP contribution in [0.3, 0.4) is 0 Å². The maximum Gasteiger partial charge on any atom is 0.229 e. The molecule has 172 valence electrons. The number of amides is 2. The first-order valence-electron chi connectivity index (χ1n) is 11.8. The second-order valence-corrected chi connectivity index (χ2v) is 11.5. The van der Waals surface area contributed by atoms with E-state index in [0.717, 1.165) is 55.4 Å². The number of allylic oxidation sites excluding steroid dienone is 2. The van der Waals surface area contributed by atoms with Gasteiger partial charge < -0.3 is 16.4 Å². The summed E-state index contributed by atoms with van der Waals surface area (Å²) in [6, 6.07) is 5.55. The molecule has 1 heterocycles. The van der Waals surface area contributed by atoms with Gasteiger partial charge in [0.15, 0.2) is 0 Å². The molecule has 3 fully saturated rings. The molecule has 0 aromatic heterocycles. The summed E-state index contributed by atoms with van der Waals surface area (Å²) < 4.78 is 0.748. The van der Waals surface area contributed by atoms with Crippen molar-refractivity contribution in [3.05, 3.63) is 45.4 Å². The summed E-state index contributed by atoms with van der Waals surface area (Å²) in [6.07, 6.45) is 11.2. The lowest BCUT2D eigenvalue weighted by molar-refractivity contribution is -0.143. The molecular formula is C25H31BrClN3O2. The highest BCUT2D eigenvalue weighted by atomic mass is 79.9. The number of rotatable bonds is 8. The molecule has 3 aliphatic carbocycles. The summed E-state index contributed by atoms with van der Waals surface area (Å²) in [5.41, 5.74) is 11.0. The SMILES string of the molecule is NC(=O)[C@]1(CCCCN2CCCC2)[C@@H]2C=C[C@@H](C23CC3)[C@@]1(C(N)=O)c1ccc(Br)c(Cl)c1. The van der Waals surface area contributed by atoms with E-state index < -0.39 is 22.6 Å². The Morgan fingerprint density at radius 2 is 1.75 bits per heavy atom. The summed E-state index contributed by atoms with van der Waals surface area (Å²) >= 11 is 9.93. The molecule has 7 heteroatoms. The van der Waals surface area contributed by atoms with E-state index in [0.29, 0.717) is 11.4 Å². The smallest absolute Gasteiger partial charge is 0.229 e. The van der Waals surface area contributed by atoms with Gasteiger partial charge in [0.05, 0.1) is 15.9 Å². The highest BCUT2D eigenvalue weighted by Crippen LogP contribution is 2.80. The largest absolute Gasteiger partial charge is 0.369 e. The second-order valence-electron chi connectivity index (χ2n) is 10.2. The minimum Gasteiger partial charge on any atom is -0.369 e. The Morgan fingerprint density at radius 1 is 1.06 bits per heavy atom. The van der Waals surface area contributed by atoms with E-state index in [4.69, 9.17) is 23.1 Å². The highest BCUT2D eigenvalue weighted by Gasteiger charge is 2.82. The average Bonchev–Trinajstić information content (AvgIpc) is 3.12. The van der Waals surface area contributed by atoms with Crippen molar-refractivity contribution < 1.29 is 9.59 Å². The maximum atomic E-state index is 13.5. The van der Waals surface area contributed by atoms with Crippen LogP contribution in [0.25, 0.3) is 0 Å². The maximum absolute atomic E-state index is 13.5. The summed E-state index contributed by atoms with van der Waals surface area (Å²) in [5, 5.41) is 0.507. The van der Waals surface area contributed by atoms with Crippen LogP contribution in [0.5, 0.6) is 0 Å². The van der Waals surface area contributed by atoms with Gasteiger partial charge in [-0.2, -0.15) is 0 Å². The zero-order chi connectivity index (χ0) is 22.7. The minimum atomic E-state index is -1.17. The molecule has 1 saturated heterocycles. The van der Waals surface area contributed by atoms with Crippen molar-refractivity contribution >= 4 is 39.3 Å². The zero-order valence-electron chi connectivity index (χ0n) is 18.3. The monoisotopic (exact) mass is 519 g/mol. The number of benzene rings is 1. The van der Waals surface area contributed by atoms with Crippen LogP contribution in [-0.4, -0.2) is 36.3 Å². The summed E-state index contributed by atoms with van der Waals surface area (Å²) in [4.78, 5) is 29.4. The Kier molecular flexibility index (Phi) is 5.50. The normalized spacial score (nSPS) is 34.4. The van der Waals surface area contributed by atoms with Crippen molar-refractivity contribution in [1.29, 1.82) is 0 Å². The van der Waals surface area contributed by atoms with Gasteiger partial charge in [-0.15, -0.1) is 0 Å². The lowest BCUT2D eigenvalue weighted by Gasteiger charge is -2.48. The number of unbranched alkanes of at least 4 members (excludes halogenated alkanes) is 1. The van der Waals surface area contributed by atoms with Crippen molar-refractivity contribution in [2.75, 3.05) is 19.6 Å². The predicted molar refractivity (Wildman–Crippen MR) is 129 cm³/mol. The average molecular weight is 521 g/mol. The molecule has 2 bridgehead atoms. The van der Waals surface area contributed by atoms with Crippen LogP contribution in [0.2, 0.25) is 5.02 Å². The summed E-state index contributed by atoms with van der Waals surface area (Å²) in [5.74, 6) is -1.04. The fourth-order valence-corrected chi connectivity index (χ4v) is 8.01. The van der Waals surface area contributed by atoms with Gasteiger partial charge in [0.1, 0.15) is 0 Å². The van der Waals surface area contributed by atoms with Crippen molar-refractivity contribution in [1.82, 2.24) is 4.90 Å². The highest BCUT2D eigenvalue weighted by molar-refractivity contribution is 9.10. The number of primary amides is 2. The fraction of sp³-hybridized carbons (Fsp3) is 0.600. The van der Waals surface area contributed by atoms with E-state index in [2.05, 4.69) is 33.0 Å². The Hall–Kier alpha value is -1.37. The molecule has 0 radical (unpaired) electrons. The Bertz CT molecular complexity index is 987. The number of hydrogen-bond acceptors (Lipinski definition) is 3. The molecule has 1 aliphatic heterocycles. The van der Waals surface area contributed by atoms with Gasteiger partial charge in [0.2, 0.25) is 11.8 Å². The standard InChI is InChI=1S/C25H31BrClN3O2/c26-17-6-5-16(15-18(17)27)25(22(29)32)20-8-7-19(23(20)10-11-23)24(25,21(28)31)9-1-2-12-30-13-3-4-14-30/h5-8,15,19-20H,1-4,9-14H2,(H2,28,31)(H2,29,32)/t19-,20+,24+,25-/m1/s1. The summed E-state index contributed by atoms with van der Waals surface area (Å²) in [6.45, 7) is 3.33. The minimum absolute atomic E-state index is 0.0563. The van der Waals surface area contributed by atoms with Crippen LogP contribution in [0.15, 0.2) is 34.8 Å². The molecule has 4 atom stereocenters. The zero-order valence-corrected chi connectivity index (χ0v) is 20.6. The van der Waals surface area contributed by atoms with Gasteiger partial charge >= 0.3 is 0 Å². The first kappa shape index (κ1) is 22.4. The number of carbonyl (C=O) groups is 2. The Morgan fingerprint density at radius 3 is 2.34 bits per heavy atom. The third-order valence-electron chi connectivity index (χ3n) is 8.96. The quantitative estimate of drug-likeness (QED) is 0.398. The molecule has 4 aliphatic rings. The topological polar surface area (TPSA) is 89.4 Å². The van der Waals surface area contributed by atoms with Gasteiger partial charge in [-0.05, 0) is 103 Å². The molecule has 5 nitrogen and oxygen atoms in total. The third-order valence-corrected chi connectivity index (χ3v) is 10.2. The summed E-state index contributed by atoms with van der Waals surface area (Å²) in [7, 11) is 0. The van der Waals surface area contributed by atoms with Gasteiger partial charge in [0.25, 0.3) is 0 Å². The van der Waals surface area contributed by atoms with Gasteiger partial charge in [-0.25, -0.2) is 0 Å². The number of hydrogen-bond donors (Lipinski definition) is 2.